The molecular weight excluding hydrogens is 267 g/mol. The molecule has 1 aromatic carbocycles. The summed E-state index contributed by atoms with van der Waals surface area (Å²) in [6, 6.07) is 8.21. The van der Waals surface area contributed by atoms with Crippen LogP contribution in [0, 0.1) is 23.1 Å². The van der Waals surface area contributed by atoms with Crippen molar-refractivity contribution < 1.29 is 4.39 Å². The minimum atomic E-state index is -0.270. The highest BCUT2D eigenvalue weighted by molar-refractivity contribution is 5.69. The average Bonchev–Trinajstić information content (AvgIpc) is 2.86. The Morgan fingerprint density at radius 3 is 2.62 bits per heavy atom. The Kier molecular flexibility index (Phi) is 4.83. The van der Waals surface area contributed by atoms with Crippen LogP contribution in [0.25, 0.3) is 12.2 Å². The van der Waals surface area contributed by atoms with E-state index < -0.39 is 0 Å². The van der Waals surface area contributed by atoms with Gasteiger partial charge in [0, 0.05) is 6.54 Å². The third-order valence-corrected chi connectivity index (χ3v) is 3.10. The molecule has 0 bridgehead atoms. The van der Waals surface area contributed by atoms with Crippen molar-refractivity contribution in [2.45, 2.75) is 26.8 Å². The molecule has 0 aliphatic carbocycles. The smallest absolute Gasteiger partial charge is 0.190 e. The first-order chi connectivity index (χ1) is 10.1. The van der Waals surface area contributed by atoms with Crippen LogP contribution in [0.2, 0.25) is 0 Å². The SMILES string of the molecule is CC(C)CCn1nnc(C#N)c1/C=C/c1ccc(F)cc1. The van der Waals surface area contributed by atoms with Gasteiger partial charge >= 0.3 is 0 Å². The summed E-state index contributed by atoms with van der Waals surface area (Å²) in [4.78, 5) is 0. The van der Waals surface area contributed by atoms with Gasteiger partial charge in [0.25, 0.3) is 0 Å². The molecule has 5 heteroatoms. The van der Waals surface area contributed by atoms with E-state index in [1.54, 1.807) is 22.9 Å². The molecule has 0 spiro atoms. The largest absolute Gasteiger partial charge is 0.244 e. The zero-order chi connectivity index (χ0) is 15.2. The first kappa shape index (κ1) is 14.9. The number of benzene rings is 1. The maximum Gasteiger partial charge on any atom is 0.190 e. The Hall–Kier alpha value is -2.48. The molecule has 1 aromatic heterocycles. The minimum absolute atomic E-state index is 0.270. The number of rotatable bonds is 5. The van der Waals surface area contributed by atoms with Gasteiger partial charge in [-0.1, -0.05) is 37.3 Å². The lowest BCUT2D eigenvalue weighted by atomic mass is 10.1. The zero-order valence-electron chi connectivity index (χ0n) is 12.1. The van der Waals surface area contributed by atoms with Gasteiger partial charge in [0.1, 0.15) is 11.9 Å². The third-order valence-electron chi connectivity index (χ3n) is 3.10. The molecule has 0 saturated heterocycles. The fraction of sp³-hybridized carbons (Fsp3) is 0.312. The van der Waals surface area contributed by atoms with Gasteiger partial charge in [-0.3, -0.25) is 0 Å². The second-order valence-corrected chi connectivity index (χ2v) is 5.23. The third kappa shape index (κ3) is 3.99. The van der Waals surface area contributed by atoms with Crippen molar-refractivity contribution in [3.63, 3.8) is 0 Å². The molecule has 0 saturated carbocycles. The number of aromatic nitrogens is 3. The average molecular weight is 284 g/mol. The molecule has 0 aliphatic heterocycles. The van der Waals surface area contributed by atoms with Crippen LogP contribution in [0.4, 0.5) is 4.39 Å². The molecule has 4 nitrogen and oxygen atoms in total. The van der Waals surface area contributed by atoms with Gasteiger partial charge < -0.3 is 0 Å². The van der Waals surface area contributed by atoms with E-state index in [-0.39, 0.29) is 5.82 Å². The van der Waals surface area contributed by atoms with E-state index in [0.717, 1.165) is 18.5 Å². The molecule has 0 amide bonds. The standard InChI is InChI=1S/C16H17FN4/c1-12(2)9-10-21-16(15(11-18)19-20-21)8-5-13-3-6-14(17)7-4-13/h3-8,12H,9-10H2,1-2H3/b8-5+. The monoisotopic (exact) mass is 284 g/mol. The number of hydrogen-bond acceptors (Lipinski definition) is 3. The maximum absolute atomic E-state index is 12.9. The lowest BCUT2D eigenvalue weighted by molar-refractivity contribution is 0.476. The predicted molar refractivity (Wildman–Crippen MR) is 79.5 cm³/mol. The molecule has 108 valence electrons. The Balaban J connectivity index is 2.23. The lowest BCUT2D eigenvalue weighted by Gasteiger charge is -2.05. The molecule has 0 unspecified atom stereocenters. The summed E-state index contributed by atoms with van der Waals surface area (Å²) in [6.45, 7) is 4.99. The highest BCUT2D eigenvalue weighted by Gasteiger charge is 2.10. The Morgan fingerprint density at radius 2 is 2.00 bits per heavy atom. The molecule has 2 aromatic rings. The van der Waals surface area contributed by atoms with E-state index in [2.05, 4.69) is 24.2 Å². The molecule has 1 heterocycles. The van der Waals surface area contributed by atoms with E-state index in [9.17, 15) is 4.39 Å². The van der Waals surface area contributed by atoms with E-state index in [4.69, 9.17) is 5.26 Å². The van der Waals surface area contributed by atoms with E-state index in [1.807, 2.05) is 12.1 Å². The van der Waals surface area contributed by atoms with E-state index in [0.29, 0.717) is 17.3 Å². The van der Waals surface area contributed by atoms with Crippen LogP contribution in [0.3, 0.4) is 0 Å². The number of aryl methyl sites for hydroxylation is 1. The number of nitriles is 1. The molecular formula is C16H17FN4. The van der Waals surface area contributed by atoms with Crippen molar-refractivity contribution in [1.82, 2.24) is 15.0 Å². The van der Waals surface area contributed by atoms with E-state index in [1.165, 1.54) is 12.1 Å². The Morgan fingerprint density at radius 1 is 1.29 bits per heavy atom. The topological polar surface area (TPSA) is 54.5 Å². The van der Waals surface area contributed by atoms with E-state index >= 15 is 0 Å². The van der Waals surface area contributed by atoms with Gasteiger partial charge in [0.15, 0.2) is 5.69 Å². The highest BCUT2D eigenvalue weighted by Crippen LogP contribution is 2.13. The highest BCUT2D eigenvalue weighted by atomic mass is 19.1. The van der Waals surface area contributed by atoms with Gasteiger partial charge in [-0.25, -0.2) is 9.07 Å². The van der Waals surface area contributed by atoms with Gasteiger partial charge in [-0.15, -0.1) is 5.10 Å². The molecule has 2 rings (SSSR count). The number of halogens is 1. The van der Waals surface area contributed by atoms with Crippen molar-refractivity contribution >= 4 is 12.2 Å². The normalized spacial score (nSPS) is 11.2. The minimum Gasteiger partial charge on any atom is -0.244 e. The van der Waals surface area contributed by atoms with Crippen LogP contribution in [-0.4, -0.2) is 15.0 Å². The van der Waals surface area contributed by atoms with Crippen LogP contribution in [0.1, 0.15) is 37.2 Å². The fourth-order valence-electron chi connectivity index (χ4n) is 1.86. The molecule has 0 atom stereocenters. The van der Waals surface area contributed by atoms with Crippen LogP contribution in [0.15, 0.2) is 24.3 Å². The van der Waals surface area contributed by atoms with Crippen LogP contribution < -0.4 is 0 Å². The van der Waals surface area contributed by atoms with Crippen molar-refractivity contribution in [2.75, 3.05) is 0 Å². The molecule has 0 fully saturated rings. The molecule has 0 aliphatic rings. The summed E-state index contributed by atoms with van der Waals surface area (Å²) < 4.78 is 14.6. The Bertz CT molecular complexity index is 663. The summed E-state index contributed by atoms with van der Waals surface area (Å²) in [7, 11) is 0. The summed E-state index contributed by atoms with van der Waals surface area (Å²) in [5, 5.41) is 17.0. The predicted octanol–water partition coefficient (Wildman–Crippen LogP) is 3.51. The van der Waals surface area contributed by atoms with Crippen LogP contribution in [-0.2, 0) is 6.54 Å². The summed E-state index contributed by atoms with van der Waals surface area (Å²) >= 11 is 0. The van der Waals surface area contributed by atoms with Crippen molar-refractivity contribution in [3.05, 3.63) is 47.0 Å². The number of hydrogen-bond donors (Lipinski definition) is 0. The van der Waals surface area contributed by atoms with Gasteiger partial charge in [-0.05, 0) is 36.1 Å². The second-order valence-electron chi connectivity index (χ2n) is 5.23. The lowest BCUT2D eigenvalue weighted by Crippen LogP contribution is -2.05. The Labute approximate surface area is 123 Å². The molecule has 0 N–H and O–H groups in total. The van der Waals surface area contributed by atoms with Crippen LogP contribution >= 0.6 is 0 Å². The molecule has 0 radical (unpaired) electrons. The van der Waals surface area contributed by atoms with Crippen molar-refractivity contribution in [2.24, 2.45) is 5.92 Å². The summed E-state index contributed by atoms with van der Waals surface area (Å²) in [6.07, 6.45) is 4.59. The van der Waals surface area contributed by atoms with Crippen molar-refractivity contribution in [1.29, 1.82) is 5.26 Å². The summed E-state index contributed by atoms with van der Waals surface area (Å²) in [5.41, 5.74) is 1.84. The van der Waals surface area contributed by atoms with Crippen molar-refractivity contribution in [3.8, 4) is 6.07 Å². The van der Waals surface area contributed by atoms with Gasteiger partial charge in [0.05, 0.1) is 5.69 Å². The van der Waals surface area contributed by atoms with Gasteiger partial charge in [-0.2, -0.15) is 5.26 Å². The first-order valence-corrected chi connectivity index (χ1v) is 6.87. The maximum atomic E-state index is 12.9. The van der Waals surface area contributed by atoms with Crippen LogP contribution in [0.5, 0.6) is 0 Å². The first-order valence-electron chi connectivity index (χ1n) is 6.87. The zero-order valence-corrected chi connectivity index (χ0v) is 12.1. The number of nitrogens with zero attached hydrogens (tertiary/aromatic N) is 4. The summed E-state index contributed by atoms with van der Waals surface area (Å²) in [5.74, 6) is 0.280. The van der Waals surface area contributed by atoms with Gasteiger partial charge in [0.2, 0.25) is 0 Å². The second kappa shape index (κ2) is 6.80. The quantitative estimate of drug-likeness (QED) is 0.844. The molecule has 21 heavy (non-hydrogen) atoms. The fourth-order valence-corrected chi connectivity index (χ4v) is 1.86.